The van der Waals surface area contributed by atoms with E-state index in [9.17, 15) is 27.5 Å². The Hall–Kier alpha value is -1.83. The van der Waals surface area contributed by atoms with Crippen LogP contribution in [0.25, 0.3) is 0 Å². The topological polar surface area (TPSA) is 49.8 Å². The molecule has 1 aromatic rings. The Labute approximate surface area is 117 Å². The molecule has 1 unspecified atom stereocenters. The summed E-state index contributed by atoms with van der Waals surface area (Å²) >= 11 is 0. The number of nitrogens with zero attached hydrogens (tertiary/aromatic N) is 1. The predicted molar refractivity (Wildman–Crippen MR) is 64.1 cm³/mol. The minimum absolute atomic E-state index is 0.0969. The van der Waals surface area contributed by atoms with Crippen LogP contribution in [0.5, 0.6) is 0 Å². The van der Waals surface area contributed by atoms with Crippen LogP contribution in [0.15, 0.2) is 24.3 Å². The smallest absolute Gasteiger partial charge is 0.410 e. The molecular weight excluding hydrogens is 294 g/mol. The molecule has 1 aromatic carbocycles. The van der Waals surface area contributed by atoms with Gasteiger partial charge < -0.3 is 14.7 Å². The molecule has 0 radical (unpaired) electrons. The van der Waals surface area contributed by atoms with Gasteiger partial charge in [-0.15, -0.1) is 0 Å². The van der Waals surface area contributed by atoms with Gasteiger partial charge in [0.15, 0.2) is 0 Å². The van der Waals surface area contributed by atoms with Crippen LogP contribution in [0, 0.1) is 0 Å². The van der Waals surface area contributed by atoms with Crippen LogP contribution in [-0.2, 0) is 11.3 Å². The third-order valence-corrected chi connectivity index (χ3v) is 3.14. The number of benzene rings is 1. The number of amides is 1. The zero-order valence-electron chi connectivity index (χ0n) is 10.8. The van der Waals surface area contributed by atoms with Gasteiger partial charge in [0.1, 0.15) is 12.7 Å². The summed E-state index contributed by atoms with van der Waals surface area (Å²) in [4.78, 5) is 12.6. The first-order valence-electron chi connectivity index (χ1n) is 6.17. The lowest BCUT2D eigenvalue weighted by Gasteiger charge is -2.22. The summed E-state index contributed by atoms with van der Waals surface area (Å²) in [5.74, 6) is -4.54. The average Bonchev–Trinajstić information content (AvgIpc) is 2.83. The highest BCUT2D eigenvalue weighted by Crippen LogP contribution is 2.36. The van der Waals surface area contributed by atoms with Crippen LogP contribution in [0.4, 0.5) is 22.4 Å². The lowest BCUT2D eigenvalue weighted by molar-refractivity contribution is -0.193. The number of halogens is 4. The molecule has 1 N–H and O–H groups in total. The van der Waals surface area contributed by atoms with E-state index in [0.29, 0.717) is 12.1 Å². The molecule has 8 heteroatoms. The van der Waals surface area contributed by atoms with Crippen molar-refractivity contribution in [3.63, 3.8) is 0 Å². The molecule has 0 bridgehead atoms. The maximum absolute atomic E-state index is 13.1. The molecule has 1 heterocycles. The first-order chi connectivity index (χ1) is 9.82. The van der Waals surface area contributed by atoms with Crippen LogP contribution in [0.3, 0.4) is 0 Å². The van der Waals surface area contributed by atoms with Crippen LogP contribution in [0.1, 0.15) is 17.2 Å². The monoisotopic (exact) mass is 307 g/mol. The fourth-order valence-electron chi connectivity index (χ4n) is 1.99. The molecule has 1 amide bonds. The van der Waals surface area contributed by atoms with Gasteiger partial charge >= 0.3 is 18.4 Å². The Morgan fingerprint density at radius 3 is 2.67 bits per heavy atom. The van der Waals surface area contributed by atoms with Crippen molar-refractivity contribution in [2.45, 2.75) is 25.0 Å². The molecular formula is C13H13F4NO3. The number of carbonyl (C=O) groups is 1. The largest absolute Gasteiger partial charge is 0.448 e. The second kappa shape index (κ2) is 5.88. The number of cyclic esters (lactones) is 1. The van der Waals surface area contributed by atoms with Gasteiger partial charge in [0.05, 0.1) is 6.54 Å². The Morgan fingerprint density at radius 2 is 2.10 bits per heavy atom. The highest BCUT2D eigenvalue weighted by Gasteiger charge is 2.48. The summed E-state index contributed by atoms with van der Waals surface area (Å²) in [6.45, 7) is 0.697. The van der Waals surface area contributed by atoms with Crippen molar-refractivity contribution in [1.82, 2.24) is 4.90 Å². The maximum Gasteiger partial charge on any atom is 0.410 e. The number of alkyl halides is 4. The van der Waals surface area contributed by atoms with Gasteiger partial charge in [-0.3, -0.25) is 0 Å². The van der Waals surface area contributed by atoms with Crippen molar-refractivity contribution in [3.05, 3.63) is 35.4 Å². The highest BCUT2D eigenvalue weighted by atomic mass is 19.3. The van der Waals surface area contributed by atoms with Crippen molar-refractivity contribution in [2.75, 3.05) is 13.2 Å². The van der Waals surface area contributed by atoms with E-state index < -0.39 is 24.5 Å². The van der Waals surface area contributed by atoms with E-state index in [2.05, 4.69) is 0 Å². The van der Waals surface area contributed by atoms with Crippen molar-refractivity contribution in [1.29, 1.82) is 0 Å². The molecule has 4 nitrogen and oxygen atoms in total. The number of hydrogen-bond donors (Lipinski definition) is 1. The van der Waals surface area contributed by atoms with Crippen LogP contribution in [0.2, 0.25) is 0 Å². The average molecular weight is 307 g/mol. The number of ether oxygens (including phenoxy) is 1. The molecule has 0 spiro atoms. The predicted octanol–water partition coefficient (Wildman–Crippen LogP) is 2.57. The maximum atomic E-state index is 13.1. The molecule has 1 fully saturated rings. The first kappa shape index (κ1) is 15.6. The SMILES string of the molecule is O=C1OCCN1Cc1cccc(C(O)C(F)(F)C(F)F)c1. The van der Waals surface area contributed by atoms with Crippen molar-refractivity contribution < 1.29 is 32.2 Å². The summed E-state index contributed by atoms with van der Waals surface area (Å²) in [7, 11) is 0. The van der Waals surface area contributed by atoms with E-state index >= 15 is 0 Å². The van der Waals surface area contributed by atoms with E-state index in [1.165, 1.54) is 17.0 Å². The zero-order chi connectivity index (χ0) is 15.6. The fraction of sp³-hybridized carbons (Fsp3) is 0.462. The summed E-state index contributed by atoms with van der Waals surface area (Å²) in [5.41, 5.74) is 0.112. The van der Waals surface area contributed by atoms with Gasteiger partial charge in [-0.05, 0) is 11.1 Å². The Bertz CT molecular complexity index is 524. The van der Waals surface area contributed by atoms with Gasteiger partial charge in [-0.2, -0.15) is 8.78 Å². The normalized spacial score (nSPS) is 17.2. The third kappa shape index (κ3) is 3.26. The fourth-order valence-corrected chi connectivity index (χ4v) is 1.99. The van der Waals surface area contributed by atoms with Crippen LogP contribution < -0.4 is 0 Å². The molecule has 1 aliphatic rings. The second-order valence-electron chi connectivity index (χ2n) is 4.66. The number of rotatable bonds is 5. The quantitative estimate of drug-likeness (QED) is 0.851. The lowest BCUT2D eigenvalue weighted by Crippen LogP contribution is -2.34. The van der Waals surface area contributed by atoms with E-state index in [4.69, 9.17) is 4.74 Å². The number of carbonyl (C=O) groups excluding carboxylic acids is 1. The number of aliphatic hydroxyl groups excluding tert-OH is 1. The summed E-state index contributed by atoms with van der Waals surface area (Å²) in [5, 5.41) is 9.42. The standard InChI is InChI=1S/C13H13F4NO3/c14-11(15)13(16,17)10(19)9-3-1-2-8(6-9)7-18-4-5-21-12(18)20/h1-3,6,10-11,19H,4-5,7H2. The van der Waals surface area contributed by atoms with E-state index in [0.717, 1.165) is 6.07 Å². The van der Waals surface area contributed by atoms with Crippen molar-refractivity contribution in [2.24, 2.45) is 0 Å². The number of aliphatic hydroxyl groups is 1. The number of hydrogen-bond acceptors (Lipinski definition) is 3. The minimum atomic E-state index is -4.54. The summed E-state index contributed by atoms with van der Waals surface area (Å²) < 4.78 is 55.5. The Balaban J connectivity index is 2.15. The third-order valence-electron chi connectivity index (χ3n) is 3.14. The van der Waals surface area contributed by atoms with Gasteiger partial charge in [-0.25, -0.2) is 13.6 Å². The molecule has 1 saturated heterocycles. The molecule has 0 saturated carbocycles. The van der Waals surface area contributed by atoms with Crippen LogP contribution >= 0.6 is 0 Å². The summed E-state index contributed by atoms with van der Waals surface area (Å²) in [6.07, 6.45) is -7.11. The van der Waals surface area contributed by atoms with E-state index in [-0.39, 0.29) is 18.7 Å². The summed E-state index contributed by atoms with van der Waals surface area (Å²) in [6, 6.07) is 5.21. The Kier molecular flexibility index (Phi) is 4.36. The van der Waals surface area contributed by atoms with Crippen molar-refractivity contribution in [3.8, 4) is 0 Å². The molecule has 116 valence electrons. The van der Waals surface area contributed by atoms with Crippen molar-refractivity contribution >= 4 is 6.09 Å². The van der Waals surface area contributed by atoms with E-state index in [1.54, 1.807) is 6.07 Å². The highest BCUT2D eigenvalue weighted by molar-refractivity contribution is 5.69. The molecule has 0 aliphatic carbocycles. The van der Waals surface area contributed by atoms with Gasteiger partial charge in [0.25, 0.3) is 0 Å². The Morgan fingerprint density at radius 1 is 1.38 bits per heavy atom. The minimum Gasteiger partial charge on any atom is -0.448 e. The molecule has 1 atom stereocenters. The van der Waals surface area contributed by atoms with Crippen LogP contribution in [-0.4, -0.2) is 41.6 Å². The molecule has 1 aliphatic heterocycles. The lowest BCUT2D eigenvalue weighted by atomic mass is 10.0. The van der Waals surface area contributed by atoms with E-state index in [1.807, 2.05) is 0 Å². The molecule has 21 heavy (non-hydrogen) atoms. The molecule has 2 rings (SSSR count). The van der Waals surface area contributed by atoms with Gasteiger partial charge in [0.2, 0.25) is 0 Å². The molecule has 0 aromatic heterocycles. The van der Waals surface area contributed by atoms with Gasteiger partial charge in [0, 0.05) is 6.54 Å². The first-order valence-corrected chi connectivity index (χ1v) is 6.17. The van der Waals surface area contributed by atoms with Gasteiger partial charge in [-0.1, -0.05) is 24.3 Å². The second-order valence-corrected chi connectivity index (χ2v) is 4.66. The zero-order valence-corrected chi connectivity index (χ0v) is 10.8.